The summed E-state index contributed by atoms with van der Waals surface area (Å²) in [6, 6.07) is 19.8. The Bertz CT molecular complexity index is 923. The van der Waals surface area contributed by atoms with Gasteiger partial charge in [-0.15, -0.1) is 0 Å². The smallest absolute Gasteiger partial charge is 0.504 e. The molecule has 0 aliphatic heterocycles. The first-order chi connectivity index (χ1) is 12.4. The Balaban J connectivity index is 2.07. The van der Waals surface area contributed by atoms with E-state index < -0.39 is 19.3 Å². The zero-order valence-corrected chi connectivity index (χ0v) is 14.2. The SMILES string of the molecule is O=P(O)(O)Oc1c(O)ccc(Oc2ccccc2)c1Oc1ccccc1. The largest absolute Gasteiger partial charge is 0.525 e. The summed E-state index contributed by atoms with van der Waals surface area (Å²) in [6.07, 6.45) is 0. The fraction of sp³-hybridized carbons (Fsp3) is 0. The van der Waals surface area contributed by atoms with Crippen molar-refractivity contribution in [2.75, 3.05) is 0 Å². The van der Waals surface area contributed by atoms with Crippen LogP contribution in [0.4, 0.5) is 0 Å². The summed E-state index contributed by atoms with van der Waals surface area (Å²) in [5, 5.41) is 10.0. The van der Waals surface area contributed by atoms with Gasteiger partial charge in [0, 0.05) is 0 Å². The van der Waals surface area contributed by atoms with Crippen molar-refractivity contribution in [2.45, 2.75) is 0 Å². The molecule has 0 saturated carbocycles. The van der Waals surface area contributed by atoms with Crippen LogP contribution in [0.25, 0.3) is 0 Å². The topological polar surface area (TPSA) is 105 Å². The first-order valence-corrected chi connectivity index (χ1v) is 9.02. The van der Waals surface area contributed by atoms with E-state index in [2.05, 4.69) is 4.52 Å². The van der Waals surface area contributed by atoms with Crippen molar-refractivity contribution in [3.8, 4) is 34.5 Å². The molecule has 26 heavy (non-hydrogen) atoms. The lowest BCUT2D eigenvalue weighted by Gasteiger charge is -2.17. The van der Waals surface area contributed by atoms with Crippen LogP contribution in [0, 0.1) is 0 Å². The number of benzene rings is 3. The van der Waals surface area contributed by atoms with Gasteiger partial charge in [0.2, 0.25) is 11.5 Å². The van der Waals surface area contributed by atoms with Crippen molar-refractivity contribution in [3.63, 3.8) is 0 Å². The first kappa shape index (κ1) is 17.8. The lowest BCUT2D eigenvalue weighted by Crippen LogP contribution is -1.97. The molecule has 0 spiro atoms. The molecule has 3 rings (SSSR count). The molecule has 0 saturated heterocycles. The molecule has 3 aromatic carbocycles. The molecule has 0 unspecified atom stereocenters. The maximum atomic E-state index is 11.3. The molecule has 3 N–H and O–H groups in total. The van der Waals surface area contributed by atoms with Crippen molar-refractivity contribution in [3.05, 3.63) is 72.8 Å². The van der Waals surface area contributed by atoms with Crippen molar-refractivity contribution in [2.24, 2.45) is 0 Å². The maximum absolute atomic E-state index is 11.3. The molecule has 7 nitrogen and oxygen atoms in total. The first-order valence-electron chi connectivity index (χ1n) is 7.49. The van der Waals surface area contributed by atoms with E-state index in [-0.39, 0.29) is 11.5 Å². The van der Waals surface area contributed by atoms with Gasteiger partial charge >= 0.3 is 7.82 Å². The number of para-hydroxylation sites is 2. The van der Waals surface area contributed by atoms with E-state index in [1.807, 2.05) is 6.07 Å². The van der Waals surface area contributed by atoms with Gasteiger partial charge in [-0.3, -0.25) is 9.79 Å². The van der Waals surface area contributed by atoms with Crippen LogP contribution < -0.4 is 14.0 Å². The average molecular weight is 374 g/mol. The second kappa shape index (κ2) is 7.49. The summed E-state index contributed by atoms with van der Waals surface area (Å²) in [7, 11) is -4.94. The van der Waals surface area contributed by atoms with Crippen molar-refractivity contribution >= 4 is 7.82 Å². The van der Waals surface area contributed by atoms with Gasteiger partial charge in [-0.25, -0.2) is 4.57 Å². The third kappa shape index (κ3) is 4.55. The molecular formula is C18H15O7P. The van der Waals surface area contributed by atoms with Crippen molar-refractivity contribution in [1.29, 1.82) is 0 Å². The summed E-state index contributed by atoms with van der Waals surface area (Å²) >= 11 is 0. The lowest BCUT2D eigenvalue weighted by molar-refractivity contribution is 0.271. The normalized spacial score (nSPS) is 11.0. The molecular weight excluding hydrogens is 359 g/mol. The zero-order chi connectivity index (χ0) is 18.6. The highest BCUT2D eigenvalue weighted by Crippen LogP contribution is 2.52. The summed E-state index contributed by atoms with van der Waals surface area (Å²) in [5.41, 5.74) is 0. The molecule has 0 heterocycles. The number of rotatable bonds is 6. The summed E-state index contributed by atoms with van der Waals surface area (Å²) in [5.74, 6) is -0.232. The Hall–Kier alpha value is -2.99. The minimum absolute atomic E-state index is 0.112. The van der Waals surface area contributed by atoms with Crippen LogP contribution in [0.3, 0.4) is 0 Å². The highest BCUT2D eigenvalue weighted by Gasteiger charge is 2.26. The second-order valence-corrected chi connectivity index (χ2v) is 6.32. The van der Waals surface area contributed by atoms with E-state index in [0.29, 0.717) is 11.5 Å². The number of phosphoric ester groups is 1. The molecule has 0 fully saturated rings. The Kier molecular flexibility index (Phi) is 5.14. The minimum atomic E-state index is -4.94. The van der Waals surface area contributed by atoms with Crippen molar-refractivity contribution in [1.82, 2.24) is 0 Å². The number of phenolic OH excluding ortho intramolecular Hbond substituents is 1. The average Bonchev–Trinajstić information content (AvgIpc) is 2.61. The van der Waals surface area contributed by atoms with Crippen LogP contribution in [-0.2, 0) is 4.57 Å². The van der Waals surface area contributed by atoms with Gasteiger partial charge in [-0.1, -0.05) is 36.4 Å². The van der Waals surface area contributed by atoms with Crippen molar-refractivity contribution < 1.29 is 33.5 Å². The minimum Gasteiger partial charge on any atom is -0.504 e. The number of aromatic hydroxyl groups is 1. The van der Waals surface area contributed by atoms with Crippen LogP contribution in [0.1, 0.15) is 0 Å². The number of phenols is 1. The van der Waals surface area contributed by atoms with Crippen LogP contribution in [0.5, 0.6) is 34.5 Å². The number of phosphoric acid groups is 1. The highest BCUT2D eigenvalue weighted by molar-refractivity contribution is 7.46. The molecule has 8 heteroatoms. The van der Waals surface area contributed by atoms with Gasteiger partial charge in [0.15, 0.2) is 11.5 Å². The van der Waals surface area contributed by atoms with Crippen LogP contribution in [0.2, 0.25) is 0 Å². The quantitative estimate of drug-likeness (QED) is 0.548. The molecule has 0 aliphatic carbocycles. The lowest BCUT2D eigenvalue weighted by atomic mass is 10.2. The number of ether oxygens (including phenoxy) is 2. The van der Waals surface area contributed by atoms with E-state index >= 15 is 0 Å². The molecule has 0 aliphatic rings. The van der Waals surface area contributed by atoms with E-state index in [9.17, 15) is 9.67 Å². The van der Waals surface area contributed by atoms with Gasteiger partial charge in [-0.05, 0) is 36.4 Å². The molecule has 0 radical (unpaired) electrons. The highest BCUT2D eigenvalue weighted by atomic mass is 31.2. The summed E-state index contributed by atoms with van der Waals surface area (Å²) in [4.78, 5) is 18.3. The van der Waals surface area contributed by atoms with Gasteiger partial charge < -0.3 is 19.1 Å². The van der Waals surface area contributed by atoms with Gasteiger partial charge in [-0.2, -0.15) is 0 Å². The fourth-order valence-electron chi connectivity index (χ4n) is 2.14. The van der Waals surface area contributed by atoms with Gasteiger partial charge in [0.1, 0.15) is 11.5 Å². The van der Waals surface area contributed by atoms with Crippen LogP contribution in [-0.4, -0.2) is 14.9 Å². The summed E-state index contributed by atoms with van der Waals surface area (Å²) in [6.45, 7) is 0. The second-order valence-electron chi connectivity index (χ2n) is 5.15. The van der Waals surface area contributed by atoms with E-state index in [0.717, 1.165) is 0 Å². The van der Waals surface area contributed by atoms with Crippen LogP contribution >= 0.6 is 7.82 Å². The third-order valence-corrected chi connectivity index (χ3v) is 3.62. The third-order valence-electron chi connectivity index (χ3n) is 3.20. The Morgan fingerprint density at radius 3 is 1.77 bits per heavy atom. The van der Waals surface area contributed by atoms with Gasteiger partial charge in [0.05, 0.1) is 0 Å². The van der Waals surface area contributed by atoms with E-state index in [1.54, 1.807) is 54.6 Å². The molecule has 3 aromatic rings. The predicted octanol–water partition coefficient (Wildman–Crippen LogP) is 4.45. The van der Waals surface area contributed by atoms with E-state index in [1.165, 1.54) is 12.1 Å². The Labute approximate surface area is 149 Å². The van der Waals surface area contributed by atoms with E-state index in [4.69, 9.17) is 19.3 Å². The molecule has 134 valence electrons. The zero-order valence-electron chi connectivity index (χ0n) is 13.4. The summed E-state index contributed by atoms with van der Waals surface area (Å²) < 4.78 is 27.3. The van der Waals surface area contributed by atoms with Crippen LogP contribution in [0.15, 0.2) is 72.8 Å². The molecule has 0 aromatic heterocycles. The molecule has 0 atom stereocenters. The number of hydrogen-bond donors (Lipinski definition) is 3. The predicted molar refractivity (Wildman–Crippen MR) is 93.8 cm³/mol. The fourth-order valence-corrected chi connectivity index (χ4v) is 2.55. The molecule has 0 bridgehead atoms. The van der Waals surface area contributed by atoms with Gasteiger partial charge in [0.25, 0.3) is 0 Å². The Morgan fingerprint density at radius 1 is 0.692 bits per heavy atom. The number of hydrogen-bond acceptors (Lipinski definition) is 5. The maximum Gasteiger partial charge on any atom is 0.525 e. The standard InChI is InChI=1S/C18H15O7P/c19-15-11-12-16(23-13-7-3-1-4-8-13)18(17(15)25-26(20,21)22)24-14-9-5-2-6-10-14/h1-12,19H,(H2,20,21,22). The Morgan fingerprint density at radius 2 is 1.23 bits per heavy atom. The monoisotopic (exact) mass is 374 g/mol. The molecule has 0 amide bonds.